The third kappa shape index (κ3) is 3.22. The van der Waals surface area contributed by atoms with Crippen LogP contribution in [-0.2, 0) is 17.8 Å². The molecule has 0 unspecified atom stereocenters. The van der Waals surface area contributed by atoms with Crippen LogP contribution in [0.4, 0.5) is 10.5 Å². The molecule has 0 spiro atoms. The number of hydrogen-bond donors (Lipinski definition) is 1. The Morgan fingerprint density at radius 1 is 1.00 bits per heavy atom. The van der Waals surface area contributed by atoms with Crippen LogP contribution in [-0.4, -0.2) is 36.0 Å². The van der Waals surface area contributed by atoms with Crippen molar-refractivity contribution in [2.24, 2.45) is 0 Å². The van der Waals surface area contributed by atoms with Gasteiger partial charge in [-0.05, 0) is 29.7 Å². The van der Waals surface area contributed by atoms with Gasteiger partial charge in [0.25, 0.3) is 0 Å². The van der Waals surface area contributed by atoms with E-state index in [1.165, 1.54) is 11.1 Å². The standard InChI is InChI=1S/C20H21N3O2/c24-19-12-17(14-23(19)18-8-2-1-3-9-18)21-20(25)22-11-10-15-6-4-5-7-16(15)13-22/h1-9,17H,10-14H2,(H,21,25)/t17-/m1/s1. The molecule has 2 aliphatic rings. The lowest BCUT2D eigenvalue weighted by Crippen LogP contribution is -2.47. The van der Waals surface area contributed by atoms with E-state index in [1.54, 1.807) is 4.90 Å². The van der Waals surface area contributed by atoms with E-state index in [0.717, 1.165) is 12.1 Å². The van der Waals surface area contributed by atoms with E-state index in [4.69, 9.17) is 0 Å². The predicted molar refractivity (Wildman–Crippen MR) is 96.3 cm³/mol. The summed E-state index contributed by atoms with van der Waals surface area (Å²) >= 11 is 0. The van der Waals surface area contributed by atoms with Crippen molar-refractivity contribution in [3.8, 4) is 0 Å². The molecule has 25 heavy (non-hydrogen) atoms. The Morgan fingerprint density at radius 3 is 2.52 bits per heavy atom. The highest BCUT2D eigenvalue weighted by Gasteiger charge is 2.32. The molecule has 0 aromatic heterocycles. The highest BCUT2D eigenvalue weighted by molar-refractivity contribution is 5.96. The number of hydrogen-bond acceptors (Lipinski definition) is 2. The number of anilines is 1. The maximum absolute atomic E-state index is 12.6. The molecule has 4 rings (SSSR count). The van der Waals surface area contributed by atoms with Gasteiger partial charge in [-0.1, -0.05) is 42.5 Å². The second-order valence-corrected chi connectivity index (χ2v) is 6.63. The second-order valence-electron chi connectivity index (χ2n) is 6.63. The fourth-order valence-electron chi connectivity index (χ4n) is 3.60. The van der Waals surface area contributed by atoms with Gasteiger partial charge < -0.3 is 15.1 Å². The number of carbonyl (C=O) groups excluding carboxylic acids is 2. The highest BCUT2D eigenvalue weighted by Crippen LogP contribution is 2.22. The van der Waals surface area contributed by atoms with Crippen molar-refractivity contribution in [3.63, 3.8) is 0 Å². The number of para-hydroxylation sites is 1. The van der Waals surface area contributed by atoms with Gasteiger partial charge in [-0.25, -0.2) is 4.79 Å². The fraction of sp³-hybridized carbons (Fsp3) is 0.300. The van der Waals surface area contributed by atoms with Crippen molar-refractivity contribution in [2.45, 2.75) is 25.4 Å². The van der Waals surface area contributed by atoms with E-state index < -0.39 is 0 Å². The van der Waals surface area contributed by atoms with Crippen molar-refractivity contribution in [3.05, 3.63) is 65.7 Å². The van der Waals surface area contributed by atoms with E-state index in [1.807, 2.05) is 47.4 Å². The van der Waals surface area contributed by atoms with Crippen LogP contribution < -0.4 is 10.2 Å². The molecule has 0 aliphatic carbocycles. The van der Waals surface area contributed by atoms with Gasteiger partial charge in [-0.3, -0.25) is 4.79 Å². The van der Waals surface area contributed by atoms with Crippen LogP contribution >= 0.6 is 0 Å². The molecule has 128 valence electrons. The molecule has 0 saturated carbocycles. The van der Waals surface area contributed by atoms with Crippen LogP contribution in [0.1, 0.15) is 17.5 Å². The molecular formula is C20H21N3O2. The minimum absolute atomic E-state index is 0.0560. The third-order valence-electron chi connectivity index (χ3n) is 4.94. The monoisotopic (exact) mass is 335 g/mol. The summed E-state index contributed by atoms with van der Waals surface area (Å²) in [4.78, 5) is 28.4. The zero-order valence-electron chi connectivity index (χ0n) is 14.0. The quantitative estimate of drug-likeness (QED) is 0.917. The first-order valence-electron chi connectivity index (χ1n) is 8.68. The van der Waals surface area contributed by atoms with Crippen LogP contribution in [0.3, 0.4) is 0 Å². The Balaban J connectivity index is 1.38. The van der Waals surface area contributed by atoms with Crippen LogP contribution in [0, 0.1) is 0 Å². The summed E-state index contributed by atoms with van der Waals surface area (Å²) in [5, 5.41) is 3.03. The Bertz CT molecular complexity index is 791. The number of benzene rings is 2. The molecule has 3 amide bonds. The average molecular weight is 335 g/mol. The largest absolute Gasteiger partial charge is 0.333 e. The summed E-state index contributed by atoms with van der Waals surface area (Å²) in [5.41, 5.74) is 3.41. The van der Waals surface area contributed by atoms with Gasteiger partial charge in [0.15, 0.2) is 0 Å². The van der Waals surface area contributed by atoms with Crippen LogP contribution in [0.5, 0.6) is 0 Å². The summed E-state index contributed by atoms with van der Waals surface area (Å²) in [5.74, 6) is 0.0560. The number of fused-ring (bicyclic) bond motifs is 1. The zero-order valence-corrected chi connectivity index (χ0v) is 14.0. The Labute approximate surface area is 147 Å². The fourth-order valence-corrected chi connectivity index (χ4v) is 3.60. The van der Waals surface area contributed by atoms with Crippen molar-refractivity contribution in [1.29, 1.82) is 0 Å². The van der Waals surface area contributed by atoms with Crippen molar-refractivity contribution < 1.29 is 9.59 Å². The number of nitrogens with one attached hydrogen (secondary N) is 1. The average Bonchev–Trinajstić information content (AvgIpc) is 3.02. The molecule has 2 aromatic carbocycles. The Hall–Kier alpha value is -2.82. The smallest absolute Gasteiger partial charge is 0.318 e. The SMILES string of the molecule is O=C(N[C@@H]1CC(=O)N(c2ccccc2)C1)N1CCc2ccccc2C1. The Kier molecular flexibility index (Phi) is 4.14. The molecule has 2 aliphatic heterocycles. The lowest BCUT2D eigenvalue weighted by atomic mass is 10.0. The predicted octanol–water partition coefficient (Wildman–Crippen LogP) is 2.56. The maximum Gasteiger partial charge on any atom is 0.318 e. The number of carbonyl (C=O) groups is 2. The molecule has 1 fully saturated rings. The molecule has 2 heterocycles. The molecule has 2 aromatic rings. The maximum atomic E-state index is 12.6. The Morgan fingerprint density at radius 2 is 1.72 bits per heavy atom. The molecule has 5 heteroatoms. The normalized spacial score (nSPS) is 19.7. The van der Waals surface area contributed by atoms with E-state index in [9.17, 15) is 9.59 Å². The first-order valence-corrected chi connectivity index (χ1v) is 8.68. The molecule has 1 atom stereocenters. The third-order valence-corrected chi connectivity index (χ3v) is 4.94. The van der Waals surface area contributed by atoms with Gasteiger partial charge in [-0.2, -0.15) is 0 Å². The van der Waals surface area contributed by atoms with Crippen LogP contribution in [0.2, 0.25) is 0 Å². The van der Waals surface area contributed by atoms with Crippen LogP contribution in [0.15, 0.2) is 54.6 Å². The van der Waals surface area contributed by atoms with Crippen molar-refractivity contribution in [1.82, 2.24) is 10.2 Å². The number of nitrogens with zero attached hydrogens (tertiary/aromatic N) is 2. The summed E-state index contributed by atoms with van der Waals surface area (Å²) in [7, 11) is 0. The highest BCUT2D eigenvalue weighted by atomic mass is 16.2. The van der Waals surface area contributed by atoms with Crippen LogP contribution in [0.25, 0.3) is 0 Å². The minimum atomic E-state index is -0.141. The topological polar surface area (TPSA) is 52.7 Å². The number of rotatable bonds is 2. The van der Waals surface area contributed by atoms with E-state index >= 15 is 0 Å². The van der Waals surface area contributed by atoms with E-state index in [0.29, 0.717) is 26.1 Å². The second kappa shape index (κ2) is 6.59. The minimum Gasteiger partial charge on any atom is -0.333 e. The van der Waals surface area contributed by atoms with Gasteiger partial charge in [0.1, 0.15) is 0 Å². The molecule has 5 nitrogen and oxygen atoms in total. The van der Waals surface area contributed by atoms with Gasteiger partial charge in [-0.15, -0.1) is 0 Å². The summed E-state index contributed by atoms with van der Waals surface area (Å²) in [6.45, 7) is 1.87. The lowest BCUT2D eigenvalue weighted by Gasteiger charge is -2.30. The van der Waals surface area contributed by atoms with Gasteiger partial charge >= 0.3 is 6.03 Å². The number of amides is 3. The van der Waals surface area contributed by atoms with E-state index in [-0.39, 0.29) is 18.0 Å². The molecule has 0 bridgehead atoms. The molecule has 0 radical (unpaired) electrons. The first kappa shape index (κ1) is 15.7. The first-order chi connectivity index (χ1) is 12.2. The van der Waals surface area contributed by atoms with Gasteiger partial charge in [0.05, 0.1) is 6.04 Å². The molecular weight excluding hydrogens is 314 g/mol. The summed E-state index contributed by atoms with van der Waals surface area (Å²) < 4.78 is 0. The van der Waals surface area contributed by atoms with E-state index in [2.05, 4.69) is 17.4 Å². The van der Waals surface area contributed by atoms with Gasteiger partial charge in [0, 0.05) is 31.7 Å². The summed E-state index contributed by atoms with van der Waals surface area (Å²) in [6.07, 6.45) is 1.23. The van der Waals surface area contributed by atoms with Crippen molar-refractivity contribution >= 4 is 17.6 Å². The number of urea groups is 1. The molecule has 1 saturated heterocycles. The zero-order chi connectivity index (χ0) is 17.2. The summed E-state index contributed by atoms with van der Waals surface area (Å²) in [6, 6.07) is 17.6. The lowest BCUT2D eigenvalue weighted by molar-refractivity contribution is -0.117. The van der Waals surface area contributed by atoms with Gasteiger partial charge in [0.2, 0.25) is 5.91 Å². The van der Waals surface area contributed by atoms with Crippen molar-refractivity contribution in [2.75, 3.05) is 18.0 Å². The molecule has 1 N–H and O–H groups in total.